The molecule has 2 nitrogen and oxygen atoms in total. The molecule has 0 unspecified atom stereocenters. The summed E-state index contributed by atoms with van der Waals surface area (Å²) >= 11 is 0. The maximum absolute atomic E-state index is 7.22. The molecule has 0 aliphatic heterocycles. The Kier molecular flexibility index (Phi) is 10.7. The van der Waals surface area contributed by atoms with Crippen molar-refractivity contribution in [3.63, 3.8) is 0 Å². The molecule has 0 aromatic heterocycles. The fourth-order valence-corrected chi connectivity index (χ4v) is 10.5. The summed E-state index contributed by atoms with van der Waals surface area (Å²) in [5, 5.41) is 0. The summed E-state index contributed by atoms with van der Waals surface area (Å²) in [6.07, 6.45) is 4.39. The Bertz CT molecular complexity index is 531. The van der Waals surface area contributed by atoms with Gasteiger partial charge >= 0.3 is 0 Å². The smallest absolute Gasteiger partial charge is 0.200 e. The lowest BCUT2D eigenvalue weighted by atomic mass is 9.94. The standard InChI is InChI=1S/C25H44O2Si/c1-10-15-24(11-2)25(22(9)26-18-23-16-13-12-14-17-23)27-28(19(3)4,20(5)6)21(7)8/h11-14,16-17,19-22,24-25H,2,10,15,18H2,1,3-9H3/t22-,24+,25-/m0/s1. The van der Waals surface area contributed by atoms with Gasteiger partial charge in [-0.2, -0.15) is 0 Å². The molecule has 0 amide bonds. The second-order valence-electron chi connectivity index (χ2n) is 9.09. The van der Waals surface area contributed by atoms with Gasteiger partial charge < -0.3 is 9.16 Å². The Balaban J connectivity index is 3.13. The van der Waals surface area contributed by atoms with Crippen LogP contribution < -0.4 is 0 Å². The summed E-state index contributed by atoms with van der Waals surface area (Å²) in [6.45, 7) is 23.3. The lowest BCUT2D eigenvalue weighted by Crippen LogP contribution is -2.53. The molecule has 160 valence electrons. The predicted octanol–water partition coefficient (Wildman–Crippen LogP) is 7.75. The van der Waals surface area contributed by atoms with E-state index in [1.165, 1.54) is 5.56 Å². The molecular weight excluding hydrogens is 360 g/mol. The van der Waals surface area contributed by atoms with E-state index in [1.807, 2.05) is 6.07 Å². The van der Waals surface area contributed by atoms with Crippen LogP contribution >= 0.6 is 0 Å². The van der Waals surface area contributed by atoms with E-state index in [9.17, 15) is 0 Å². The summed E-state index contributed by atoms with van der Waals surface area (Å²) in [4.78, 5) is 0. The van der Waals surface area contributed by atoms with Crippen molar-refractivity contribution in [2.45, 2.75) is 104 Å². The van der Waals surface area contributed by atoms with Gasteiger partial charge in [-0.1, -0.05) is 91.3 Å². The Morgan fingerprint density at radius 1 is 0.929 bits per heavy atom. The zero-order valence-electron chi connectivity index (χ0n) is 19.6. The largest absolute Gasteiger partial charge is 0.410 e. The van der Waals surface area contributed by atoms with Gasteiger partial charge in [0.2, 0.25) is 8.32 Å². The van der Waals surface area contributed by atoms with Gasteiger partial charge in [0, 0.05) is 5.92 Å². The van der Waals surface area contributed by atoms with Crippen LogP contribution in [0.1, 0.15) is 73.8 Å². The minimum atomic E-state index is -2.00. The number of benzene rings is 1. The van der Waals surface area contributed by atoms with E-state index in [0.717, 1.165) is 12.8 Å². The van der Waals surface area contributed by atoms with E-state index >= 15 is 0 Å². The van der Waals surface area contributed by atoms with Crippen LogP contribution in [0.15, 0.2) is 43.0 Å². The van der Waals surface area contributed by atoms with Gasteiger partial charge in [0.15, 0.2) is 0 Å². The molecule has 0 saturated heterocycles. The van der Waals surface area contributed by atoms with Crippen LogP contribution in [0.25, 0.3) is 0 Å². The van der Waals surface area contributed by atoms with Gasteiger partial charge in [0.05, 0.1) is 18.8 Å². The molecule has 0 N–H and O–H groups in total. The van der Waals surface area contributed by atoms with E-state index in [0.29, 0.717) is 29.1 Å². The van der Waals surface area contributed by atoms with Crippen molar-refractivity contribution >= 4 is 8.32 Å². The third-order valence-electron chi connectivity index (χ3n) is 6.21. The predicted molar refractivity (Wildman–Crippen MR) is 125 cm³/mol. The first-order valence-corrected chi connectivity index (χ1v) is 13.3. The molecule has 0 aliphatic carbocycles. The zero-order chi connectivity index (χ0) is 21.3. The van der Waals surface area contributed by atoms with Crippen molar-refractivity contribution in [3.8, 4) is 0 Å². The summed E-state index contributed by atoms with van der Waals surface area (Å²) in [7, 11) is -2.00. The fourth-order valence-electron chi connectivity index (χ4n) is 4.82. The van der Waals surface area contributed by atoms with E-state index in [-0.39, 0.29) is 12.2 Å². The van der Waals surface area contributed by atoms with Gasteiger partial charge in [0.25, 0.3) is 0 Å². The summed E-state index contributed by atoms with van der Waals surface area (Å²) in [6, 6.07) is 10.4. The van der Waals surface area contributed by atoms with Crippen LogP contribution in [0.3, 0.4) is 0 Å². The molecule has 0 radical (unpaired) electrons. The molecule has 28 heavy (non-hydrogen) atoms. The van der Waals surface area contributed by atoms with Crippen molar-refractivity contribution in [1.29, 1.82) is 0 Å². The molecule has 0 saturated carbocycles. The highest BCUT2D eigenvalue weighted by atomic mass is 28.4. The number of ether oxygens (including phenoxy) is 1. The van der Waals surface area contributed by atoms with Crippen LogP contribution in [-0.4, -0.2) is 20.5 Å². The lowest BCUT2D eigenvalue weighted by Gasteiger charge is -2.47. The number of hydrogen-bond acceptors (Lipinski definition) is 2. The van der Waals surface area contributed by atoms with Gasteiger partial charge in [-0.15, -0.1) is 6.58 Å². The quantitative estimate of drug-likeness (QED) is 0.247. The van der Waals surface area contributed by atoms with Gasteiger partial charge in [-0.05, 0) is 35.5 Å². The Morgan fingerprint density at radius 3 is 1.89 bits per heavy atom. The molecule has 0 bridgehead atoms. The second-order valence-corrected chi connectivity index (χ2v) is 14.5. The fraction of sp³-hybridized carbons (Fsp3) is 0.680. The Morgan fingerprint density at radius 2 is 1.46 bits per heavy atom. The third-order valence-corrected chi connectivity index (χ3v) is 12.3. The monoisotopic (exact) mass is 404 g/mol. The van der Waals surface area contributed by atoms with E-state index in [4.69, 9.17) is 9.16 Å². The van der Waals surface area contributed by atoms with E-state index in [2.05, 4.69) is 92.3 Å². The van der Waals surface area contributed by atoms with Gasteiger partial charge in [0.1, 0.15) is 0 Å². The molecule has 3 atom stereocenters. The molecule has 0 fully saturated rings. The zero-order valence-corrected chi connectivity index (χ0v) is 20.6. The average molecular weight is 405 g/mol. The molecule has 0 spiro atoms. The topological polar surface area (TPSA) is 18.5 Å². The van der Waals surface area contributed by atoms with Crippen LogP contribution in [0.5, 0.6) is 0 Å². The normalized spacial score (nSPS) is 15.8. The van der Waals surface area contributed by atoms with Crippen molar-refractivity contribution in [1.82, 2.24) is 0 Å². The van der Waals surface area contributed by atoms with Gasteiger partial charge in [-0.25, -0.2) is 0 Å². The van der Waals surface area contributed by atoms with Crippen molar-refractivity contribution in [2.24, 2.45) is 5.92 Å². The molecule has 1 aromatic carbocycles. The first-order chi connectivity index (χ1) is 13.2. The molecule has 1 rings (SSSR count). The second kappa shape index (κ2) is 11.9. The van der Waals surface area contributed by atoms with Crippen LogP contribution in [0, 0.1) is 5.92 Å². The summed E-state index contributed by atoms with van der Waals surface area (Å²) in [5.74, 6) is 0.318. The Hall–Kier alpha value is -0.903. The lowest BCUT2D eigenvalue weighted by molar-refractivity contribution is -0.0477. The highest BCUT2D eigenvalue weighted by Crippen LogP contribution is 2.44. The highest BCUT2D eigenvalue weighted by molar-refractivity contribution is 6.77. The minimum Gasteiger partial charge on any atom is -0.410 e. The maximum atomic E-state index is 7.22. The van der Waals surface area contributed by atoms with Crippen LogP contribution in [0.2, 0.25) is 16.6 Å². The maximum Gasteiger partial charge on any atom is 0.200 e. The summed E-state index contributed by atoms with van der Waals surface area (Å²) in [5.41, 5.74) is 2.88. The first kappa shape index (κ1) is 25.1. The molecule has 3 heteroatoms. The SMILES string of the molecule is C=C[C@H](CCC)[C@@H](O[Si](C(C)C)(C(C)C)C(C)C)[C@H](C)OCc1ccccc1. The highest BCUT2D eigenvalue weighted by Gasteiger charge is 2.48. The average Bonchev–Trinajstić information content (AvgIpc) is 2.65. The van der Waals surface area contributed by atoms with Crippen molar-refractivity contribution < 1.29 is 9.16 Å². The summed E-state index contributed by atoms with van der Waals surface area (Å²) < 4.78 is 13.6. The first-order valence-electron chi connectivity index (χ1n) is 11.2. The van der Waals surface area contributed by atoms with E-state index in [1.54, 1.807) is 0 Å². The molecule has 0 aliphatic rings. The minimum absolute atomic E-state index is 0.0258. The number of rotatable bonds is 13. The van der Waals surface area contributed by atoms with Crippen molar-refractivity contribution in [2.75, 3.05) is 0 Å². The van der Waals surface area contributed by atoms with Gasteiger partial charge in [-0.3, -0.25) is 0 Å². The number of hydrogen-bond donors (Lipinski definition) is 0. The van der Waals surface area contributed by atoms with E-state index < -0.39 is 8.32 Å². The van der Waals surface area contributed by atoms with Crippen LogP contribution in [0.4, 0.5) is 0 Å². The molecule has 0 heterocycles. The third kappa shape index (κ3) is 6.30. The van der Waals surface area contributed by atoms with Crippen molar-refractivity contribution in [3.05, 3.63) is 48.6 Å². The molecule has 1 aromatic rings. The molecular formula is C25H44O2Si. The van der Waals surface area contributed by atoms with Crippen LogP contribution in [-0.2, 0) is 15.8 Å². The Labute approximate surface area is 175 Å².